The molecule has 0 aliphatic carbocycles. The zero-order valence-electron chi connectivity index (χ0n) is 18.0. The fourth-order valence-corrected chi connectivity index (χ4v) is 4.98. The van der Waals surface area contributed by atoms with E-state index in [-0.39, 0.29) is 23.4 Å². The third kappa shape index (κ3) is 3.54. The molecule has 3 aromatic rings. The Bertz CT molecular complexity index is 1100. The molecule has 2 aromatic heterocycles. The summed E-state index contributed by atoms with van der Waals surface area (Å²) in [5.41, 5.74) is 2.97. The Morgan fingerprint density at radius 1 is 1.23 bits per heavy atom. The molecule has 7 nitrogen and oxygen atoms in total. The molecule has 0 spiro atoms. The van der Waals surface area contributed by atoms with E-state index >= 15 is 4.39 Å². The van der Waals surface area contributed by atoms with E-state index in [0.717, 1.165) is 30.4 Å². The number of fused-ring (bicyclic) bond motifs is 2. The second-order valence-corrected chi connectivity index (χ2v) is 9.09. The van der Waals surface area contributed by atoms with Crippen LogP contribution in [-0.4, -0.2) is 55.9 Å². The molecule has 1 aromatic carbocycles. The topological polar surface area (TPSA) is 79.1 Å². The summed E-state index contributed by atoms with van der Waals surface area (Å²) in [7, 11) is 3.74. The number of aryl methyl sites for hydroxylation is 1. The van der Waals surface area contributed by atoms with Crippen LogP contribution in [0.2, 0.25) is 0 Å². The van der Waals surface area contributed by atoms with E-state index in [4.69, 9.17) is 0 Å². The van der Waals surface area contributed by atoms with E-state index < -0.39 is 6.17 Å². The molecule has 2 aliphatic rings. The molecule has 2 bridgehead atoms. The first-order valence-corrected chi connectivity index (χ1v) is 10.6. The number of nitrogens with zero attached hydrogens (tertiary/aromatic N) is 5. The van der Waals surface area contributed by atoms with Crippen molar-refractivity contribution in [1.82, 2.24) is 25.3 Å². The van der Waals surface area contributed by atoms with Gasteiger partial charge in [-0.25, -0.2) is 4.39 Å². The van der Waals surface area contributed by atoms with Crippen LogP contribution in [0.25, 0.3) is 22.4 Å². The molecule has 2 N–H and O–H groups in total. The number of rotatable bonds is 4. The largest absolute Gasteiger partial charge is 0.507 e. The summed E-state index contributed by atoms with van der Waals surface area (Å²) in [6.45, 7) is 2.17. The Balaban J connectivity index is 1.36. The van der Waals surface area contributed by atoms with Crippen LogP contribution in [0.5, 0.6) is 5.75 Å². The SMILES string of the molecule is CN(c1ccc(-c2ccc(-c3cnn(C)c3)cc2O)nn1)[C@@H]1C[C@@]2(C)CCC(N2)[C@@H]1F. The van der Waals surface area contributed by atoms with Crippen LogP contribution in [0.4, 0.5) is 10.2 Å². The normalized spacial score (nSPS) is 27.4. The molecule has 0 radical (unpaired) electrons. The quantitative estimate of drug-likeness (QED) is 0.672. The van der Waals surface area contributed by atoms with Gasteiger partial charge < -0.3 is 15.3 Å². The molecule has 5 rings (SSSR count). The van der Waals surface area contributed by atoms with Gasteiger partial charge in [-0.1, -0.05) is 6.07 Å². The summed E-state index contributed by atoms with van der Waals surface area (Å²) in [5.74, 6) is 0.760. The summed E-state index contributed by atoms with van der Waals surface area (Å²) >= 11 is 0. The van der Waals surface area contributed by atoms with Gasteiger partial charge in [-0.2, -0.15) is 5.10 Å². The number of phenols is 1. The third-order valence-corrected chi connectivity index (χ3v) is 6.77. The number of nitrogens with one attached hydrogen (secondary N) is 1. The maximum atomic E-state index is 15.0. The third-order valence-electron chi connectivity index (χ3n) is 6.77. The van der Waals surface area contributed by atoms with Crippen LogP contribution >= 0.6 is 0 Å². The summed E-state index contributed by atoms with van der Waals surface area (Å²) in [4.78, 5) is 1.91. The van der Waals surface area contributed by atoms with Gasteiger partial charge >= 0.3 is 0 Å². The van der Waals surface area contributed by atoms with Crippen molar-refractivity contribution in [2.45, 2.75) is 50.0 Å². The zero-order chi connectivity index (χ0) is 21.8. The number of phenolic OH excluding ortho intramolecular Hbond substituents is 1. The fourth-order valence-electron chi connectivity index (χ4n) is 4.98. The second-order valence-electron chi connectivity index (χ2n) is 9.09. The Hall–Kier alpha value is -3.00. The van der Waals surface area contributed by atoms with Crippen molar-refractivity contribution in [2.24, 2.45) is 7.05 Å². The van der Waals surface area contributed by atoms with E-state index in [1.54, 1.807) is 16.9 Å². The highest BCUT2D eigenvalue weighted by Gasteiger charge is 2.49. The number of aromatic hydroxyl groups is 1. The van der Waals surface area contributed by atoms with Gasteiger partial charge in [0, 0.05) is 43.0 Å². The van der Waals surface area contributed by atoms with Crippen molar-refractivity contribution >= 4 is 5.82 Å². The Labute approximate surface area is 180 Å². The number of halogens is 1. The van der Waals surface area contributed by atoms with E-state index in [1.807, 2.05) is 49.5 Å². The highest BCUT2D eigenvalue weighted by Crippen LogP contribution is 2.39. The fraction of sp³-hybridized carbons (Fsp3) is 0.435. The molecule has 31 heavy (non-hydrogen) atoms. The highest BCUT2D eigenvalue weighted by molar-refractivity contribution is 5.74. The molecular weight excluding hydrogens is 395 g/mol. The first-order chi connectivity index (χ1) is 14.8. The predicted molar refractivity (Wildman–Crippen MR) is 118 cm³/mol. The van der Waals surface area contributed by atoms with Crippen LogP contribution in [0.1, 0.15) is 26.2 Å². The van der Waals surface area contributed by atoms with Gasteiger partial charge in [-0.05, 0) is 56.0 Å². The molecule has 8 heteroatoms. The zero-order valence-corrected chi connectivity index (χ0v) is 18.0. The van der Waals surface area contributed by atoms with E-state index in [2.05, 4.69) is 27.5 Å². The molecule has 2 fully saturated rings. The molecule has 1 unspecified atom stereocenters. The van der Waals surface area contributed by atoms with Crippen molar-refractivity contribution in [3.63, 3.8) is 0 Å². The average Bonchev–Trinajstić information content (AvgIpc) is 3.34. The number of aromatic nitrogens is 4. The molecule has 2 aliphatic heterocycles. The Morgan fingerprint density at radius 3 is 2.74 bits per heavy atom. The molecule has 4 atom stereocenters. The van der Waals surface area contributed by atoms with Gasteiger partial charge in [-0.3, -0.25) is 4.68 Å². The standard InChI is InChI=1S/C23H27FN6O/c1-23-9-8-18(26-23)22(24)19(11-23)30(3)21-7-6-17(27-28-21)16-5-4-14(10-20(16)31)15-12-25-29(2)13-15/h4-7,10,12-13,18-19,22,26,31H,8-9,11H2,1-3H3/t18?,19-,22+,23-/m1/s1. The van der Waals surface area contributed by atoms with E-state index in [1.165, 1.54) is 0 Å². The second kappa shape index (κ2) is 7.30. The lowest BCUT2D eigenvalue weighted by Crippen LogP contribution is -2.60. The van der Waals surface area contributed by atoms with Gasteiger partial charge in [0.05, 0.1) is 17.9 Å². The van der Waals surface area contributed by atoms with Gasteiger partial charge in [0.2, 0.25) is 0 Å². The Morgan fingerprint density at radius 2 is 2.06 bits per heavy atom. The van der Waals surface area contributed by atoms with Crippen molar-refractivity contribution < 1.29 is 9.50 Å². The van der Waals surface area contributed by atoms with Crippen LogP contribution in [0.15, 0.2) is 42.7 Å². The maximum absolute atomic E-state index is 15.0. The van der Waals surface area contributed by atoms with E-state index in [9.17, 15) is 5.11 Å². The first-order valence-electron chi connectivity index (χ1n) is 10.6. The summed E-state index contributed by atoms with van der Waals surface area (Å²) < 4.78 is 16.8. The van der Waals surface area contributed by atoms with Crippen LogP contribution < -0.4 is 10.2 Å². The Kier molecular flexibility index (Phi) is 4.69. The molecule has 0 saturated carbocycles. The van der Waals surface area contributed by atoms with Gasteiger partial charge in [0.1, 0.15) is 11.9 Å². The minimum Gasteiger partial charge on any atom is -0.507 e. The first kappa shape index (κ1) is 19.9. The lowest BCUT2D eigenvalue weighted by molar-refractivity contribution is 0.144. The summed E-state index contributed by atoms with van der Waals surface area (Å²) in [5, 5.41) is 26.8. The van der Waals surface area contributed by atoms with Crippen molar-refractivity contribution in [2.75, 3.05) is 11.9 Å². The molecule has 162 valence electrons. The van der Waals surface area contributed by atoms with Gasteiger partial charge in [0.15, 0.2) is 5.82 Å². The summed E-state index contributed by atoms with van der Waals surface area (Å²) in [6, 6.07) is 8.80. The molecule has 4 heterocycles. The van der Waals surface area contributed by atoms with Crippen LogP contribution in [0.3, 0.4) is 0 Å². The maximum Gasteiger partial charge on any atom is 0.151 e. The minimum atomic E-state index is -0.939. The van der Waals surface area contributed by atoms with Crippen molar-refractivity contribution in [3.05, 3.63) is 42.7 Å². The number of benzene rings is 1. The number of anilines is 1. The smallest absolute Gasteiger partial charge is 0.151 e. The number of hydrogen-bond acceptors (Lipinski definition) is 6. The van der Waals surface area contributed by atoms with Crippen LogP contribution in [-0.2, 0) is 7.05 Å². The predicted octanol–water partition coefficient (Wildman–Crippen LogP) is 3.31. The van der Waals surface area contributed by atoms with Gasteiger partial charge in [0.25, 0.3) is 0 Å². The van der Waals surface area contributed by atoms with Crippen molar-refractivity contribution in [3.8, 4) is 28.1 Å². The van der Waals surface area contributed by atoms with Crippen molar-refractivity contribution in [1.29, 1.82) is 0 Å². The summed E-state index contributed by atoms with van der Waals surface area (Å²) in [6.07, 6.45) is 5.32. The minimum absolute atomic E-state index is 0.0125. The lowest BCUT2D eigenvalue weighted by atomic mass is 9.87. The molecule has 2 saturated heterocycles. The number of alkyl halides is 1. The average molecular weight is 423 g/mol. The van der Waals surface area contributed by atoms with E-state index in [0.29, 0.717) is 17.1 Å². The molecular formula is C23H27FN6O. The molecule has 0 amide bonds. The lowest BCUT2D eigenvalue weighted by Gasteiger charge is -2.43. The van der Waals surface area contributed by atoms with Crippen LogP contribution in [0, 0.1) is 0 Å². The number of hydrogen-bond donors (Lipinski definition) is 2. The highest BCUT2D eigenvalue weighted by atomic mass is 19.1. The monoisotopic (exact) mass is 422 g/mol. The van der Waals surface area contributed by atoms with Gasteiger partial charge in [-0.15, -0.1) is 10.2 Å². The number of piperidine rings is 1.